The molecule has 0 radical (unpaired) electrons. The maximum Gasteiger partial charge on any atom is 0.309 e. The minimum absolute atomic E-state index is 0.00972. The van der Waals surface area contributed by atoms with Crippen molar-refractivity contribution < 1.29 is 14.3 Å². The van der Waals surface area contributed by atoms with Crippen LogP contribution >= 0.6 is 0 Å². The first-order chi connectivity index (χ1) is 10.1. The number of hydrogen-bond donors (Lipinski definition) is 0. The molecule has 1 fully saturated rings. The van der Waals surface area contributed by atoms with Gasteiger partial charge in [-0.3, -0.25) is 4.79 Å². The van der Waals surface area contributed by atoms with Crippen molar-refractivity contribution in [1.82, 2.24) is 9.97 Å². The fraction of sp³-hybridized carbons (Fsp3) is 0.667. The van der Waals surface area contributed by atoms with Gasteiger partial charge in [-0.1, -0.05) is 0 Å². The number of carbonyl (C=O) groups is 1. The number of piperidine rings is 1. The molecule has 0 atom stereocenters. The molecule has 0 bridgehead atoms. The fourth-order valence-electron chi connectivity index (χ4n) is 2.51. The summed E-state index contributed by atoms with van der Waals surface area (Å²) in [7, 11) is 0. The minimum atomic E-state index is -0.0778. The molecule has 0 N–H and O–H groups in total. The summed E-state index contributed by atoms with van der Waals surface area (Å²) in [6.45, 7) is 8.25. The minimum Gasteiger partial charge on any atom is -0.478 e. The molecule has 2 heterocycles. The molecule has 0 unspecified atom stereocenters. The largest absolute Gasteiger partial charge is 0.478 e. The van der Waals surface area contributed by atoms with Gasteiger partial charge in [0.1, 0.15) is 11.6 Å². The average molecular weight is 293 g/mol. The van der Waals surface area contributed by atoms with Crippen molar-refractivity contribution in [1.29, 1.82) is 0 Å². The first kappa shape index (κ1) is 15.5. The van der Waals surface area contributed by atoms with Gasteiger partial charge in [0.05, 0.1) is 19.1 Å². The van der Waals surface area contributed by atoms with E-state index in [1.54, 1.807) is 0 Å². The highest BCUT2D eigenvalue weighted by Crippen LogP contribution is 2.24. The standard InChI is InChI=1S/C15H23N3O3/c1-4-20-14-10-13(16-11(3)17-14)18-8-6-12(7-9-18)15(19)21-5-2/h10,12H,4-9H2,1-3H3. The van der Waals surface area contributed by atoms with Crippen LogP contribution in [-0.2, 0) is 9.53 Å². The van der Waals surface area contributed by atoms with Crippen LogP contribution in [0.5, 0.6) is 5.88 Å². The van der Waals surface area contributed by atoms with E-state index >= 15 is 0 Å². The number of aromatic nitrogens is 2. The summed E-state index contributed by atoms with van der Waals surface area (Å²) in [5, 5.41) is 0. The third-order valence-corrected chi connectivity index (χ3v) is 3.53. The third kappa shape index (κ3) is 4.06. The van der Waals surface area contributed by atoms with E-state index in [0.717, 1.165) is 31.7 Å². The van der Waals surface area contributed by atoms with Crippen molar-refractivity contribution >= 4 is 11.8 Å². The smallest absolute Gasteiger partial charge is 0.309 e. The highest BCUT2D eigenvalue weighted by atomic mass is 16.5. The molecular weight excluding hydrogens is 270 g/mol. The zero-order chi connectivity index (χ0) is 15.2. The zero-order valence-corrected chi connectivity index (χ0v) is 13.0. The van der Waals surface area contributed by atoms with Gasteiger partial charge in [0.15, 0.2) is 0 Å². The van der Waals surface area contributed by atoms with Gasteiger partial charge in [0.2, 0.25) is 5.88 Å². The lowest BCUT2D eigenvalue weighted by Gasteiger charge is -2.31. The van der Waals surface area contributed by atoms with E-state index in [9.17, 15) is 4.79 Å². The van der Waals surface area contributed by atoms with Crippen molar-refractivity contribution in [3.8, 4) is 5.88 Å². The highest BCUT2D eigenvalue weighted by molar-refractivity contribution is 5.72. The van der Waals surface area contributed by atoms with Gasteiger partial charge in [-0.15, -0.1) is 0 Å². The summed E-state index contributed by atoms with van der Waals surface area (Å²) in [6.07, 6.45) is 1.59. The molecule has 1 aliphatic rings. The van der Waals surface area contributed by atoms with Crippen molar-refractivity contribution in [3.63, 3.8) is 0 Å². The van der Waals surface area contributed by atoms with E-state index in [1.165, 1.54) is 0 Å². The molecule has 21 heavy (non-hydrogen) atoms. The average Bonchev–Trinajstić information content (AvgIpc) is 2.47. The molecule has 0 spiro atoms. The predicted molar refractivity (Wildman–Crippen MR) is 79.5 cm³/mol. The number of hydrogen-bond acceptors (Lipinski definition) is 6. The lowest BCUT2D eigenvalue weighted by molar-refractivity contribution is -0.148. The number of aryl methyl sites for hydroxylation is 1. The lowest BCUT2D eigenvalue weighted by atomic mass is 9.97. The van der Waals surface area contributed by atoms with Crippen molar-refractivity contribution in [2.45, 2.75) is 33.6 Å². The van der Waals surface area contributed by atoms with Gasteiger partial charge < -0.3 is 14.4 Å². The van der Waals surface area contributed by atoms with Crippen LogP contribution < -0.4 is 9.64 Å². The number of rotatable bonds is 5. The Balaban J connectivity index is 2.00. The third-order valence-electron chi connectivity index (χ3n) is 3.53. The van der Waals surface area contributed by atoms with Gasteiger partial charge in [0.25, 0.3) is 0 Å². The van der Waals surface area contributed by atoms with Crippen molar-refractivity contribution in [3.05, 3.63) is 11.9 Å². The first-order valence-corrected chi connectivity index (χ1v) is 7.54. The molecule has 1 aromatic rings. The summed E-state index contributed by atoms with van der Waals surface area (Å²) in [5.74, 6) is 2.10. The van der Waals surface area contributed by atoms with Crippen LogP contribution in [0.3, 0.4) is 0 Å². The van der Waals surface area contributed by atoms with E-state index in [1.807, 2.05) is 26.8 Å². The molecule has 1 aliphatic heterocycles. The van der Waals surface area contributed by atoms with Crippen LogP contribution in [0.4, 0.5) is 5.82 Å². The molecular formula is C15H23N3O3. The van der Waals surface area contributed by atoms with Gasteiger partial charge in [0, 0.05) is 19.2 Å². The Hall–Kier alpha value is -1.85. The second-order valence-electron chi connectivity index (χ2n) is 5.06. The molecule has 0 amide bonds. The van der Waals surface area contributed by atoms with Crippen LogP contribution in [-0.4, -0.2) is 42.2 Å². The van der Waals surface area contributed by atoms with E-state index < -0.39 is 0 Å². The van der Waals surface area contributed by atoms with E-state index in [4.69, 9.17) is 9.47 Å². The predicted octanol–water partition coefficient (Wildman–Crippen LogP) is 1.96. The molecule has 6 nitrogen and oxygen atoms in total. The monoisotopic (exact) mass is 293 g/mol. The van der Waals surface area contributed by atoms with E-state index in [2.05, 4.69) is 14.9 Å². The topological polar surface area (TPSA) is 64.5 Å². The summed E-state index contributed by atoms with van der Waals surface area (Å²) >= 11 is 0. The van der Waals surface area contributed by atoms with Gasteiger partial charge in [-0.05, 0) is 33.6 Å². The molecule has 1 saturated heterocycles. The Morgan fingerprint density at radius 1 is 1.29 bits per heavy atom. The molecule has 0 saturated carbocycles. The lowest BCUT2D eigenvalue weighted by Crippen LogP contribution is -2.37. The number of esters is 1. The number of ether oxygens (including phenoxy) is 2. The summed E-state index contributed by atoms with van der Waals surface area (Å²) in [4.78, 5) is 22.6. The van der Waals surface area contributed by atoms with Crippen LogP contribution in [0.1, 0.15) is 32.5 Å². The SMILES string of the molecule is CCOC(=O)C1CCN(c2cc(OCC)nc(C)n2)CC1. The second kappa shape index (κ2) is 7.24. The molecule has 0 aromatic carbocycles. The fourth-order valence-corrected chi connectivity index (χ4v) is 2.51. The van der Waals surface area contributed by atoms with Crippen molar-refractivity contribution in [2.24, 2.45) is 5.92 Å². The van der Waals surface area contributed by atoms with Gasteiger partial charge >= 0.3 is 5.97 Å². The first-order valence-electron chi connectivity index (χ1n) is 7.54. The zero-order valence-electron chi connectivity index (χ0n) is 13.0. The van der Waals surface area contributed by atoms with Crippen LogP contribution in [0.25, 0.3) is 0 Å². The van der Waals surface area contributed by atoms with Gasteiger partial charge in [-0.2, -0.15) is 4.98 Å². The molecule has 1 aromatic heterocycles. The van der Waals surface area contributed by atoms with Gasteiger partial charge in [-0.25, -0.2) is 4.98 Å². The van der Waals surface area contributed by atoms with Crippen LogP contribution in [0.2, 0.25) is 0 Å². The Bertz CT molecular complexity index is 485. The molecule has 116 valence electrons. The summed E-state index contributed by atoms with van der Waals surface area (Å²) in [6, 6.07) is 1.86. The Labute approximate surface area is 125 Å². The second-order valence-corrected chi connectivity index (χ2v) is 5.06. The normalized spacial score (nSPS) is 15.9. The number of carbonyl (C=O) groups excluding carboxylic acids is 1. The highest BCUT2D eigenvalue weighted by Gasteiger charge is 2.26. The maximum atomic E-state index is 11.7. The Kier molecular flexibility index (Phi) is 5.36. The molecule has 0 aliphatic carbocycles. The number of anilines is 1. The van der Waals surface area contributed by atoms with E-state index in [0.29, 0.717) is 24.9 Å². The van der Waals surface area contributed by atoms with Crippen molar-refractivity contribution in [2.75, 3.05) is 31.2 Å². The summed E-state index contributed by atoms with van der Waals surface area (Å²) in [5.41, 5.74) is 0. The maximum absolute atomic E-state index is 11.7. The Morgan fingerprint density at radius 2 is 2.00 bits per heavy atom. The molecule has 6 heteroatoms. The quantitative estimate of drug-likeness (QED) is 0.773. The Morgan fingerprint density at radius 3 is 2.62 bits per heavy atom. The van der Waals surface area contributed by atoms with E-state index in [-0.39, 0.29) is 11.9 Å². The van der Waals surface area contributed by atoms with Crippen LogP contribution in [0, 0.1) is 12.8 Å². The number of nitrogens with zero attached hydrogens (tertiary/aromatic N) is 3. The van der Waals surface area contributed by atoms with Crippen LogP contribution in [0.15, 0.2) is 6.07 Å². The molecule has 2 rings (SSSR count). The summed E-state index contributed by atoms with van der Waals surface area (Å²) < 4.78 is 10.5.